The van der Waals surface area contributed by atoms with Crippen LogP contribution in [0.3, 0.4) is 0 Å². The number of nitrogens with zero attached hydrogens (tertiary/aromatic N) is 3. The van der Waals surface area contributed by atoms with Gasteiger partial charge < -0.3 is 26.4 Å². The zero-order valence-corrected chi connectivity index (χ0v) is 21.8. The van der Waals surface area contributed by atoms with Crippen molar-refractivity contribution in [1.29, 1.82) is 0 Å². The zero-order valence-electron chi connectivity index (χ0n) is 21.8. The lowest BCUT2D eigenvalue weighted by atomic mass is 9.77. The van der Waals surface area contributed by atoms with Gasteiger partial charge in [-0.15, -0.1) is 0 Å². The molecule has 10 nitrogen and oxygen atoms in total. The predicted molar refractivity (Wildman–Crippen MR) is 140 cm³/mol. The van der Waals surface area contributed by atoms with Crippen molar-refractivity contribution in [2.45, 2.75) is 64.6 Å². The Hall–Kier alpha value is -3.89. The van der Waals surface area contributed by atoms with Crippen LogP contribution < -0.4 is 21.7 Å². The second-order valence-corrected chi connectivity index (χ2v) is 10.5. The molecule has 0 saturated heterocycles. The molecule has 1 aliphatic carbocycles. The summed E-state index contributed by atoms with van der Waals surface area (Å²) >= 11 is 0. The van der Waals surface area contributed by atoms with Crippen LogP contribution in [-0.2, 0) is 11.8 Å². The van der Waals surface area contributed by atoms with Crippen LogP contribution >= 0.6 is 0 Å². The number of amides is 2. The van der Waals surface area contributed by atoms with E-state index < -0.39 is 23.4 Å². The van der Waals surface area contributed by atoms with Gasteiger partial charge in [0.15, 0.2) is 11.6 Å². The number of nitrogens with two attached hydrogens (primary N) is 1. The molecule has 3 aromatic rings. The Morgan fingerprint density at radius 2 is 1.95 bits per heavy atom. The summed E-state index contributed by atoms with van der Waals surface area (Å²) < 4.78 is 22.3. The standard InChI is InChI=1S/C26H34FN7O3/c1-14(30-25(36)37-26(2,3)4)21(15-7-6-8-15)32-24-19(27)12-18(22(28)35)23(33-24)31-17-10-9-16-13-29-34(5)20(16)11-17/h9-15,21H,6-8H2,1-5H3,(H2,28,35)(H,30,36)(H2,31,32,33)/t14-,21-/m0/s1. The second kappa shape index (κ2) is 10.2. The van der Waals surface area contributed by atoms with E-state index in [0.717, 1.165) is 36.2 Å². The number of hydrogen-bond donors (Lipinski definition) is 4. The Morgan fingerprint density at radius 1 is 1.22 bits per heavy atom. The molecule has 2 atom stereocenters. The molecule has 0 radical (unpaired) electrons. The first-order valence-electron chi connectivity index (χ1n) is 12.4. The number of alkyl carbamates (subject to hydrolysis) is 1. The summed E-state index contributed by atoms with van der Waals surface area (Å²) in [5.74, 6) is -1.22. The molecule has 4 rings (SSSR count). The first-order chi connectivity index (χ1) is 17.4. The van der Waals surface area contributed by atoms with Gasteiger partial charge in [0, 0.05) is 24.2 Å². The summed E-state index contributed by atoms with van der Waals surface area (Å²) in [5.41, 5.74) is 6.33. The minimum Gasteiger partial charge on any atom is -0.444 e. The van der Waals surface area contributed by atoms with Crippen LogP contribution in [-0.4, -0.2) is 44.4 Å². The molecule has 37 heavy (non-hydrogen) atoms. The number of aromatic nitrogens is 3. The molecule has 2 aromatic heterocycles. The number of carbonyl (C=O) groups excluding carboxylic acids is 2. The van der Waals surface area contributed by atoms with Crippen LogP contribution in [0.1, 0.15) is 57.3 Å². The lowest BCUT2D eigenvalue weighted by molar-refractivity contribution is 0.0492. The highest BCUT2D eigenvalue weighted by Gasteiger charge is 2.34. The molecule has 0 bridgehead atoms. The number of carbonyl (C=O) groups is 2. The minimum atomic E-state index is -0.808. The molecule has 11 heteroatoms. The predicted octanol–water partition coefficient (Wildman–Crippen LogP) is 4.44. The number of pyridine rings is 1. The average molecular weight is 512 g/mol. The van der Waals surface area contributed by atoms with Crippen molar-refractivity contribution in [2.24, 2.45) is 18.7 Å². The van der Waals surface area contributed by atoms with E-state index in [1.807, 2.05) is 32.2 Å². The Bertz CT molecular complexity index is 1310. The normalized spacial score (nSPS) is 15.5. The fourth-order valence-corrected chi connectivity index (χ4v) is 4.42. The zero-order chi connectivity index (χ0) is 26.9. The van der Waals surface area contributed by atoms with Crippen LogP contribution in [0.15, 0.2) is 30.5 Å². The molecular formula is C26H34FN7O3. The summed E-state index contributed by atoms with van der Waals surface area (Å²) in [6.07, 6.45) is 4.14. The number of benzene rings is 1. The fraction of sp³-hybridized carbons (Fsp3) is 0.462. The molecule has 2 amide bonds. The molecule has 1 saturated carbocycles. The Morgan fingerprint density at radius 3 is 2.57 bits per heavy atom. The molecule has 1 aliphatic rings. The van der Waals surface area contributed by atoms with Gasteiger partial charge in [-0.1, -0.05) is 6.42 Å². The van der Waals surface area contributed by atoms with Crippen molar-refractivity contribution in [3.63, 3.8) is 0 Å². The molecule has 2 heterocycles. The smallest absolute Gasteiger partial charge is 0.407 e. The third-order valence-electron chi connectivity index (χ3n) is 6.50. The Kier molecular flexibility index (Phi) is 7.24. The molecule has 0 spiro atoms. The number of aryl methyl sites for hydroxylation is 1. The largest absolute Gasteiger partial charge is 0.444 e. The maximum absolute atomic E-state index is 15.2. The first kappa shape index (κ1) is 26.2. The fourth-order valence-electron chi connectivity index (χ4n) is 4.42. The topological polar surface area (TPSA) is 136 Å². The lowest BCUT2D eigenvalue weighted by Gasteiger charge is -2.38. The summed E-state index contributed by atoms with van der Waals surface area (Å²) in [4.78, 5) is 28.9. The number of rotatable bonds is 8. The van der Waals surface area contributed by atoms with Crippen LogP contribution in [0.25, 0.3) is 10.9 Å². The van der Waals surface area contributed by atoms with E-state index in [4.69, 9.17) is 10.5 Å². The van der Waals surface area contributed by atoms with Gasteiger partial charge in [0.25, 0.3) is 5.91 Å². The monoisotopic (exact) mass is 511 g/mol. The summed E-state index contributed by atoms with van der Waals surface area (Å²) in [6, 6.07) is 5.95. The van der Waals surface area contributed by atoms with Gasteiger partial charge in [0.2, 0.25) is 0 Å². The van der Waals surface area contributed by atoms with Crippen LogP contribution in [0.4, 0.5) is 26.5 Å². The molecule has 0 unspecified atom stereocenters. The van der Waals surface area contributed by atoms with Crippen molar-refractivity contribution >= 4 is 40.2 Å². The van der Waals surface area contributed by atoms with Crippen LogP contribution in [0, 0.1) is 11.7 Å². The van der Waals surface area contributed by atoms with E-state index in [-0.39, 0.29) is 35.2 Å². The van der Waals surface area contributed by atoms with Crippen molar-refractivity contribution in [2.75, 3.05) is 10.6 Å². The van der Waals surface area contributed by atoms with Gasteiger partial charge >= 0.3 is 6.09 Å². The van der Waals surface area contributed by atoms with Crippen molar-refractivity contribution in [3.8, 4) is 0 Å². The van der Waals surface area contributed by atoms with E-state index in [0.29, 0.717) is 5.69 Å². The summed E-state index contributed by atoms with van der Waals surface area (Å²) in [6.45, 7) is 7.22. The number of fused-ring (bicyclic) bond motifs is 1. The SMILES string of the molecule is C[C@H](NC(=O)OC(C)(C)C)[C@H](Nc1nc(Nc2ccc3cnn(C)c3c2)c(C(N)=O)cc1F)C1CCC1. The summed E-state index contributed by atoms with van der Waals surface area (Å²) in [5, 5.41) is 14.3. The number of ether oxygens (including phenoxy) is 1. The third kappa shape index (κ3) is 6.10. The number of halogens is 1. The highest BCUT2D eigenvalue weighted by Crippen LogP contribution is 2.34. The van der Waals surface area contributed by atoms with E-state index in [2.05, 4.69) is 26.0 Å². The summed E-state index contributed by atoms with van der Waals surface area (Å²) in [7, 11) is 1.83. The molecule has 1 fully saturated rings. The third-order valence-corrected chi connectivity index (χ3v) is 6.50. The van der Waals surface area contributed by atoms with E-state index in [1.54, 1.807) is 31.6 Å². The van der Waals surface area contributed by atoms with Crippen molar-refractivity contribution in [1.82, 2.24) is 20.1 Å². The lowest BCUT2D eigenvalue weighted by Crippen LogP contribution is -2.51. The highest BCUT2D eigenvalue weighted by atomic mass is 19.1. The van der Waals surface area contributed by atoms with Gasteiger partial charge in [-0.05, 0) is 70.7 Å². The van der Waals surface area contributed by atoms with Gasteiger partial charge in [-0.3, -0.25) is 9.48 Å². The number of hydrogen-bond acceptors (Lipinski definition) is 7. The molecule has 0 aliphatic heterocycles. The Balaban J connectivity index is 1.61. The van der Waals surface area contributed by atoms with E-state index >= 15 is 4.39 Å². The van der Waals surface area contributed by atoms with Crippen molar-refractivity contribution in [3.05, 3.63) is 41.8 Å². The van der Waals surface area contributed by atoms with E-state index in [1.165, 1.54) is 0 Å². The van der Waals surface area contributed by atoms with Gasteiger partial charge in [0.05, 0.1) is 23.3 Å². The van der Waals surface area contributed by atoms with Crippen LogP contribution in [0.5, 0.6) is 0 Å². The highest BCUT2D eigenvalue weighted by molar-refractivity contribution is 5.99. The average Bonchev–Trinajstić information content (AvgIpc) is 3.12. The second-order valence-electron chi connectivity index (χ2n) is 10.5. The quantitative estimate of drug-likeness (QED) is 0.351. The van der Waals surface area contributed by atoms with E-state index in [9.17, 15) is 9.59 Å². The molecule has 1 aromatic carbocycles. The molecular weight excluding hydrogens is 477 g/mol. The first-order valence-corrected chi connectivity index (χ1v) is 12.4. The minimum absolute atomic E-state index is 0.0381. The van der Waals surface area contributed by atoms with Gasteiger partial charge in [0.1, 0.15) is 11.4 Å². The van der Waals surface area contributed by atoms with Crippen LogP contribution in [0.2, 0.25) is 0 Å². The number of anilines is 3. The van der Waals surface area contributed by atoms with Gasteiger partial charge in [-0.2, -0.15) is 5.10 Å². The maximum Gasteiger partial charge on any atom is 0.407 e. The molecule has 5 N–H and O–H groups in total. The molecule has 198 valence electrons. The Labute approximate surface area is 215 Å². The number of primary amides is 1. The number of nitrogens with one attached hydrogen (secondary N) is 3. The maximum atomic E-state index is 15.2. The van der Waals surface area contributed by atoms with Gasteiger partial charge in [-0.25, -0.2) is 14.2 Å². The van der Waals surface area contributed by atoms with Crippen molar-refractivity contribution < 1.29 is 18.7 Å².